The van der Waals surface area contributed by atoms with Crippen molar-refractivity contribution in [1.29, 1.82) is 0 Å². The highest BCUT2D eigenvalue weighted by Crippen LogP contribution is 2.26. The number of rotatable bonds is 3. The fourth-order valence-electron chi connectivity index (χ4n) is 2.66. The number of imidazole rings is 1. The quantitative estimate of drug-likeness (QED) is 0.870. The van der Waals surface area contributed by atoms with Crippen LogP contribution >= 0.6 is 0 Å². The maximum Gasteiger partial charge on any atom is 0.0954 e. The third-order valence-corrected chi connectivity index (χ3v) is 3.78. The lowest BCUT2D eigenvalue weighted by Gasteiger charge is -2.26. The van der Waals surface area contributed by atoms with Crippen molar-refractivity contribution in [3.8, 4) is 0 Å². The second-order valence-corrected chi connectivity index (χ2v) is 4.94. The minimum absolute atomic E-state index is 0.268. The first-order valence-electron chi connectivity index (χ1n) is 6.60. The Hall–Kier alpha value is -1.62. The number of nitrogens with one attached hydrogen (secondary N) is 2. The average molecular weight is 245 g/mol. The monoisotopic (exact) mass is 245 g/mol. The molecule has 0 aliphatic carbocycles. The van der Waals surface area contributed by atoms with Crippen LogP contribution in [0.2, 0.25) is 0 Å². The molecule has 5 heteroatoms. The van der Waals surface area contributed by atoms with E-state index in [4.69, 9.17) is 0 Å². The van der Waals surface area contributed by atoms with Crippen LogP contribution < -0.4 is 5.32 Å². The van der Waals surface area contributed by atoms with Crippen LogP contribution in [-0.2, 0) is 0 Å². The van der Waals surface area contributed by atoms with Crippen molar-refractivity contribution in [2.24, 2.45) is 0 Å². The Morgan fingerprint density at radius 2 is 2.33 bits per heavy atom. The average Bonchev–Trinajstić information content (AvgIpc) is 3.10. The summed E-state index contributed by atoms with van der Waals surface area (Å²) in [6, 6.07) is 0.709. The third kappa shape index (κ3) is 2.06. The van der Waals surface area contributed by atoms with Crippen molar-refractivity contribution in [3.05, 3.63) is 36.2 Å². The summed E-state index contributed by atoms with van der Waals surface area (Å²) in [4.78, 5) is 4.32. The summed E-state index contributed by atoms with van der Waals surface area (Å²) in [6.07, 6.45) is 11.5. The minimum atomic E-state index is 0.268. The van der Waals surface area contributed by atoms with E-state index in [1.165, 1.54) is 30.5 Å². The Morgan fingerprint density at radius 1 is 1.39 bits per heavy atom. The van der Waals surface area contributed by atoms with Crippen molar-refractivity contribution in [1.82, 2.24) is 25.1 Å². The van der Waals surface area contributed by atoms with Crippen LogP contribution in [0.1, 0.15) is 49.5 Å². The highest BCUT2D eigenvalue weighted by atomic mass is 15.1. The van der Waals surface area contributed by atoms with Crippen LogP contribution in [-0.4, -0.2) is 26.3 Å². The molecule has 0 radical (unpaired) electrons. The Balaban J connectivity index is 1.86. The summed E-state index contributed by atoms with van der Waals surface area (Å²) in [5.74, 6) is 0. The molecule has 2 N–H and O–H groups in total. The third-order valence-electron chi connectivity index (χ3n) is 3.78. The van der Waals surface area contributed by atoms with E-state index in [0.717, 1.165) is 6.54 Å². The van der Waals surface area contributed by atoms with E-state index in [0.29, 0.717) is 6.04 Å². The van der Waals surface area contributed by atoms with Crippen LogP contribution in [0, 0.1) is 0 Å². The van der Waals surface area contributed by atoms with Gasteiger partial charge in [-0.05, 0) is 26.3 Å². The standard InChI is InChI=1S/C13H19N5/c1-10(11-6-16-17-7-11)18-9-14-8-13(18)12-4-2-3-5-15-12/h6-10,12,15H,2-5H2,1H3,(H,16,17). The Bertz CT molecular complexity index is 481. The molecule has 2 unspecified atom stereocenters. The van der Waals surface area contributed by atoms with E-state index in [1.807, 2.05) is 24.9 Å². The van der Waals surface area contributed by atoms with Crippen molar-refractivity contribution in [2.45, 2.75) is 38.3 Å². The van der Waals surface area contributed by atoms with Crippen LogP contribution in [0.3, 0.4) is 0 Å². The number of aromatic amines is 1. The van der Waals surface area contributed by atoms with E-state index in [-0.39, 0.29) is 6.04 Å². The number of hydrogen-bond donors (Lipinski definition) is 2. The van der Waals surface area contributed by atoms with Gasteiger partial charge in [0.25, 0.3) is 0 Å². The number of nitrogens with zero attached hydrogens (tertiary/aromatic N) is 3. The van der Waals surface area contributed by atoms with E-state index in [2.05, 4.69) is 32.0 Å². The van der Waals surface area contributed by atoms with Crippen LogP contribution in [0.5, 0.6) is 0 Å². The second kappa shape index (κ2) is 4.94. The molecule has 2 aromatic heterocycles. The largest absolute Gasteiger partial charge is 0.326 e. The lowest BCUT2D eigenvalue weighted by molar-refractivity contribution is 0.389. The zero-order valence-corrected chi connectivity index (χ0v) is 10.6. The molecule has 3 rings (SSSR count). The highest BCUT2D eigenvalue weighted by Gasteiger charge is 2.21. The lowest BCUT2D eigenvalue weighted by Crippen LogP contribution is -2.29. The van der Waals surface area contributed by atoms with Crippen LogP contribution in [0.4, 0.5) is 0 Å². The van der Waals surface area contributed by atoms with E-state index >= 15 is 0 Å². The topological polar surface area (TPSA) is 58.5 Å². The van der Waals surface area contributed by atoms with Gasteiger partial charge in [-0.25, -0.2) is 4.98 Å². The predicted molar refractivity (Wildman–Crippen MR) is 69.2 cm³/mol. The van der Waals surface area contributed by atoms with E-state index < -0.39 is 0 Å². The number of hydrogen-bond acceptors (Lipinski definition) is 3. The zero-order valence-electron chi connectivity index (χ0n) is 10.6. The lowest BCUT2D eigenvalue weighted by atomic mass is 10.0. The van der Waals surface area contributed by atoms with Gasteiger partial charge >= 0.3 is 0 Å². The van der Waals surface area contributed by atoms with Gasteiger partial charge in [0.05, 0.1) is 24.3 Å². The molecule has 5 nitrogen and oxygen atoms in total. The van der Waals surface area contributed by atoms with Gasteiger partial charge in [0.15, 0.2) is 0 Å². The molecule has 96 valence electrons. The first kappa shape index (κ1) is 11.5. The Kier molecular flexibility index (Phi) is 3.15. The summed E-state index contributed by atoms with van der Waals surface area (Å²) in [5, 5.41) is 10.5. The van der Waals surface area contributed by atoms with Gasteiger partial charge in [0.2, 0.25) is 0 Å². The van der Waals surface area contributed by atoms with E-state index in [1.54, 1.807) is 0 Å². The zero-order chi connectivity index (χ0) is 12.4. The molecule has 0 spiro atoms. The number of aromatic nitrogens is 4. The van der Waals surface area contributed by atoms with Gasteiger partial charge in [-0.3, -0.25) is 5.10 Å². The molecule has 2 atom stereocenters. The van der Waals surface area contributed by atoms with Crippen LogP contribution in [0.15, 0.2) is 24.9 Å². The molecule has 2 aromatic rings. The Morgan fingerprint density at radius 3 is 3.06 bits per heavy atom. The van der Waals surface area contributed by atoms with Gasteiger partial charge in [-0.2, -0.15) is 5.10 Å². The molecular weight excluding hydrogens is 226 g/mol. The number of piperidine rings is 1. The molecule has 1 aliphatic heterocycles. The SMILES string of the molecule is CC(c1cn[nH]c1)n1cncc1C1CCCCN1. The van der Waals surface area contributed by atoms with Gasteiger partial charge in [0, 0.05) is 24.0 Å². The molecule has 0 amide bonds. The van der Waals surface area contributed by atoms with Crippen molar-refractivity contribution in [3.63, 3.8) is 0 Å². The molecule has 18 heavy (non-hydrogen) atoms. The molecule has 0 saturated carbocycles. The smallest absolute Gasteiger partial charge is 0.0954 e. The first-order valence-corrected chi connectivity index (χ1v) is 6.60. The molecule has 3 heterocycles. The van der Waals surface area contributed by atoms with Gasteiger partial charge in [-0.1, -0.05) is 6.42 Å². The minimum Gasteiger partial charge on any atom is -0.326 e. The summed E-state index contributed by atoms with van der Waals surface area (Å²) in [6.45, 7) is 3.29. The van der Waals surface area contributed by atoms with Crippen molar-refractivity contribution in [2.75, 3.05) is 6.54 Å². The maximum atomic E-state index is 4.32. The highest BCUT2D eigenvalue weighted by molar-refractivity contribution is 5.15. The van der Waals surface area contributed by atoms with Gasteiger partial charge < -0.3 is 9.88 Å². The normalized spacial score (nSPS) is 21.9. The molecule has 0 bridgehead atoms. The fourth-order valence-corrected chi connectivity index (χ4v) is 2.66. The first-order chi connectivity index (χ1) is 8.86. The van der Waals surface area contributed by atoms with E-state index in [9.17, 15) is 0 Å². The second-order valence-electron chi connectivity index (χ2n) is 4.94. The summed E-state index contributed by atoms with van der Waals surface area (Å²) in [5.41, 5.74) is 2.47. The Labute approximate surface area is 107 Å². The van der Waals surface area contributed by atoms with Crippen molar-refractivity contribution >= 4 is 0 Å². The molecular formula is C13H19N5. The molecule has 1 aliphatic rings. The summed E-state index contributed by atoms with van der Waals surface area (Å²) >= 11 is 0. The summed E-state index contributed by atoms with van der Waals surface area (Å²) in [7, 11) is 0. The summed E-state index contributed by atoms with van der Waals surface area (Å²) < 4.78 is 2.24. The van der Waals surface area contributed by atoms with Gasteiger partial charge in [0.1, 0.15) is 0 Å². The molecule has 0 aromatic carbocycles. The number of H-pyrrole nitrogens is 1. The molecule has 1 fully saturated rings. The van der Waals surface area contributed by atoms with Gasteiger partial charge in [-0.15, -0.1) is 0 Å². The molecule has 1 saturated heterocycles. The van der Waals surface area contributed by atoms with Crippen LogP contribution in [0.25, 0.3) is 0 Å². The van der Waals surface area contributed by atoms with Crippen molar-refractivity contribution < 1.29 is 0 Å². The fraction of sp³-hybridized carbons (Fsp3) is 0.538. The predicted octanol–water partition coefficient (Wildman–Crippen LogP) is 2.03. The maximum absolute atomic E-state index is 4.32.